The molecule has 0 bridgehead atoms. The van der Waals surface area contributed by atoms with Crippen molar-refractivity contribution >= 4 is 41.0 Å². The highest BCUT2D eigenvalue weighted by Gasteiger charge is 2.46. The number of hydrogen-bond donors (Lipinski definition) is 2. The molecule has 55 heavy (non-hydrogen) atoms. The maximum atomic E-state index is 15.6. The fourth-order valence-electron chi connectivity index (χ4n) is 5.34. The Hall–Kier alpha value is -5.05. The van der Waals surface area contributed by atoms with Gasteiger partial charge in [0.15, 0.2) is 6.61 Å². The number of halogens is 6. The van der Waals surface area contributed by atoms with Gasteiger partial charge < -0.3 is 24.8 Å². The van der Waals surface area contributed by atoms with E-state index in [4.69, 9.17) is 25.8 Å². The van der Waals surface area contributed by atoms with E-state index in [-0.39, 0.29) is 16.9 Å². The number of methoxy groups -OCH3 is 1. The fraction of sp³-hybridized carbons (Fsp3) is 0.410. The van der Waals surface area contributed by atoms with E-state index in [0.29, 0.717) is 5.75 Å². The highest BCUT2D eigenvalue weighted by molar-refractivity contribution is 6.31. The summed E-state index contributed by atoms with van der Waals surface area (Å²) in [7, 11) is 1.36. The molecule has 16 heteroatoms. The summed E-state index contributed by atoms with van der Waals surface area (Å²) in [6.07, 6.45) is -6.78. The molecule has 0 heterocycles. The number of nitrogens with one attached hydrogen (secondary N) is 2. The third kappa shape index (κ3) is 12.8. The van der Waals surface area contributed by atoms with Crippen LogP contribution in [0.4, 0.5) is 22.0 Å². The molecule has 0 unspecified atom stereocenters. The Kier molecular flexibility index (Phi) is 14.9. The van der Waals surface area contributed by atoms with Crippen LogP contribution in [0.5, 0.6) is 11.5 Å². The van der Waals surface area contributed by atoms with Crippen molar-refractivity contribution in [2.24, 2.45) is 11.8 Å². The number of benzene rings is 3. The van der Waals surface area contributed by atoms with Crippen molar-refractivity contribution in [2.75, 3.05) is 13.7 Å². The van der Waals surface area contributed by atoms with Crippen molar-refractivity contribution in [1.82, 2.24) is 10.6 Å². The normalized spacial score (nSPS) is 13.6. The first-order chi connectivity index (χ1) is 25.5. The van der Waals surface area contributed by atoms with Gasteiger partial charge in [0.1, 0.15) is 23.1 Å². The summed E-state index contributed by atoms with van der Waals surface area (Å²) in [5.41, 5.74) is -1.27. The Bertz CT molecular complexity index is 1840. The van der Waals surface area contributed by atoms with Gasteiger partial charge in [0.2, 0.25) is 17.6 Å². The van der Waals surface area contributed by atoms with Crippen molar-refractivity contribution < 1.29 is 60.1 Å². The molecule has 3 aromatic rings. The van der Waals surface area contributed by atoms with E-state index in [9.17, 15) is 37.1 Å². The second kappa shape index (κ2) is 18.5. The number of hydrogen-bond acceptors (Lipinski definition) is 8. The highest BCUT2D eigenvalue weighted by Crippen LogP contribution is 2.36. The summed E-state index contributed by atoms with van der Waals surface area (Å²) in [5.74, 6) is -13.3. The zero-order chi connectivity index (χ0) is 41.3. The predicted octanol–water partition coefficient (Wildman–Crippen LogP) is 7.11. The predicted molar refractivity (Wildman–Crippen MR) is 192 cm³/mol. The molecule has 10 nitrogen and oxygen atoms in total. The summed E-state index contributed by atoms with van der Waals surface area (Å²) >= 11 is 5.99. The van der Waals surface area contributed by atoms with Crippen molar-refractivity contribution in [3.8, 4) is 11.5 Å². The number of ether oxygens (including phenoxy) is 3. The van der Waals surface area contributed by atoms with E-state index in [1.165, 1.54) is 81.6 Å². The maximum absolute atomic E-state index is 15.6. The molecule has 0 aromatic heterocycles. The number of amides is 2. The van der Waals surface area contributed by atoms with E-state index < -0.39 is 101 Å². The van der Waals surface area contributed by atoms with Crippen LogP contribution in [0.2, 0.25) is 5.02 Å². The number of esters is 1. The summed E-state index contributed by atoms with van der Waals surface area (Å²) in [5, 5.41) is 4.07. The second-order valence-corrected chi connectivity index (χ2v) is 14.3. The van der Waals surface area contributed by atoms with Crippen molar-refractivity contribution in [2.45, 2.75) is 77.2 Å². The van der Waals surface area contributed by atoms with Crippen LogP contribution in [0.1, 0.15) is 63.8 Å². The number of ketones is 2. The molecule has 2 N–H and O–H groups in total. The summed E-state index contributed by atoms with van der Waals surface area (Å²) in [4.78, 5) is 65.6. The topological polar surface area (TPSA) is 137 Å². The van der Waals surface area contributed by atoms with Gasteiger partial charge in [0, 0.05) is 17.9 Å². The van der Waals surface area contributed by atoms with Crippen molar-refractivity contribution in [1.29, 1.82) is 0 Å². The van der Waals surface area contributed by atoms with Gasteiger partial charge >= 0.3 is 18.1 Å². The summed E-state index contributed by atoms with van der Waals surface area (Å²) in [6, 6.07) is 12.3. The molecule has 2 amide bonds. The van der Waals surface area contributed by atoms with Gasteiger partial charge in [-0.05, 0) is 74.6 Å². The first-order valence-electron chi connectivity index (χ1n) is 17.0. The zero-order valence-electron chi connectivity index (χ0n) is 30.9. The fourth-order valence-corrected chi connectivity index (χ4v) is 5.59. The molecule has 0 spiro atoms. The lowest BCUT2D eigenvalue weighted by molar-refractivity contribution is -0.175. The second-order valence-electron chi connectivity index (χ2n) is 13.9. The Labute approximate surface area is 320 Å². The molecule has 298 valence electrons. The zero-order valence-corrected chi connectivity index (χ0v) is 31.6. The minimum Gasteiger partial charge on any atom is -0.497 e. The highest BCUT2D eigenvalue weighted by atomic mass is 35.5. The lowest BCUT2D eigenvalue weighted by Crippen LogP contribution is -2.53. The molecule has 3 rings (SSSR count). The van der Waals surface area contributed by atoms with Gasteiger partial charge in [-0.1, -0.05) is 67.9 Å². The van der Waals surface area contributed by atoms with Gasteiger partial charge in [-0.3, -0.25) is 19.2 Å². The van der Waals surface area contributed by atoms with E-state index in [1.54, 1.807) is 20.8 Å². The molecule has 0 fully saturated rings. The Morgan fingerprint density at radius 3 is 2.00 bits per heavy atom. The summed E-state index contributed by atoms with van der Waals surface area (Å²) in [6.45, 7) is 7.08. The molecule has 0 saturated carbocycles. The Balaban J connectivity index is 2.02. The third-order valence-electron chi connectivity index (χ3n) is 8.05. The number of carbonyl (C=O) groups excluding carboxylic acids is 5. The SMILES string of the molecule is COc1ccc([C@H](NC(=O)[C@@H](CC(=O)C(F)(F)c2ccccc2Cl)Cc2cccc(OCC(=O)OC(C)(C)C)c2)C(=O)N[C@H](C(=O)C(F)(F)F)C(C)C)cc1. The van der Waals surface area contributed by atoms with E-state index in [2.05, 4.69) is 10.6 Å². The lowest BCUT2D eigenvalue weighted by atomic mass is 9.89. The molecule has 3 aromatic carbocycles. The standard InChI is InChI=1S/C39H42ClF5N2O8/c1-22(2)32(34(50)39(43,44)45)46-36(52)33(24-14-16-26(53-6)17-15-24)47-35(51)25(20-30(48)38(41,42)28-12-7-8-13-29(28)40)18-23-10-9-11-27(19-23)54-21-31(49)55-37(3,4)5/h7-17,19,22,25,32-33H,18,20-21H2,1-6H3,(H,46,52)(H,47,51)/t25-,32+,33+/m1/s1. The van der Waals surface area contributed by atoms with Crippen LogP contribution in [0.15, 0.2) is 72.8 Å². The Morgan fingerprint density at radius 1 is 0.800 bits per heavy atom. The van der Waals surface area contributed by atoms with Crippen LogP contribution in [0.25, 0.3) is 0 Å². The Morgan fingerprint density at radius 2 is 1.44 bits per heavy atom. The number of Topliss-reactive ketones (excluding diaryl/α,β-unsaturated/α-hetero) is 2. The quantitative estimate of drug-likeness (QED) is 0.109. The van der Waals surface area contributed by atoms with Gasteiger partial charge in [-0.2, -0.15) is 22.0 Å². The molecule has 0 aliphatic rings. The van der Waals surface area contributed by atoms with Crippen molar-refractivity contribution in [3.63, 3.8) is 0 Å². The van der Waals surface area contributed by atoms with Gasteiger partial charge in [0.05, 0.1) is 18.2 Å². The maximum Gasteiger partial charge on any atom is 0.452 e. The molecular weight excluding hydrogens is 755 g/mol. The smallest absolute Gasteiger partial charge is 0.452 e. The van der Waals surface area contributed by atoms with Crippen molar-refractivity contribution in [3.05, 3.63) is 94.5 Å². The average Bonchev–Trinajstić information content (AvgIpc) is 3.10. The third-order valence-corrected chi connectivity index (χ3v) is 8.38. The van der Waals surface area contributed by atoms with Crippen LogP contribution in [-0.4, -0.2) is 60.9 Å². The average molecular weight is 797 g/mol. The molecule has 0 aliphatic carbocycles. The van der Waals surface area contributed by atoms with E-state index in [1.807, 2.05) is 0 Å². The van der Waals surface area contributed by atoms with E-state index in [0.717, 1.165) is 12.1 Å². The molecular formula is C39H42ClF5N2O8. The molecule has 0 saturated heterocycles. The number of alkyl halides is 5. The lowest BCUT2D eigenvalue weighted by Gasteiger charge is -2.27. The summed E-state index contributed by atoms with van der Waals surface area (Å²) < 4.78 is 87.5. The molecule has 0 aliphatic heterocycles. The molecule has 0 radical (unpaired) electrons. The first kappa shape index (κ1) is 44.3. The van der Waals surface area contributed by atoms with Crippen LogP contribution in [0.3, 0.4) is 0 Å². The number of carbonyl (C=O) groups is 5. The number of rotatable bonds is 17. The largest absolute Gasteiger partial charge is 0.497 e. The van der Waals surface area contributed by atoms with Gasteiger partial charge in [0.25, 0.3) is 5.78 Å². The van der Waals surface area contributed by atoms with Crippen LogP contribution in [-0.2, 0) is 41.1 Å². The molecule has 3 atom stereocenters. The van der Waals surface area contributed by atoms with Gasteiger partial charge in [-0.25, -0.2) is 4.79 Å². The monoisotopic (exact) mass is 796 g/mol. The van der Waals surface area contributed by atoms with Crippen LogP contribution < -0.4 is 20.1 Å². The minimum absolute atomic E-state index is 0.0256. The first-order valence-corrected chi connectivity index (χ1v) is 17.4. The van der Waals surface area contributed by atoms with Gasteiger partial charge in [-0.15, -0.1) is 0 Å². The van der Waals surface area contributed by atoms with Crippen LogP contribution in [0, 0.1) is 11.8 Å². The van der Waals surface area contributed by atoms with Crippen LogP contribution >= 0.6 is 11.6 Å². The van der Waals surface area contributed by atoms with E-state index >= 15 is 8.78 Å². The minimum atomic E-state index is -5.30.